The van der Waals surface area contributed by atoms with Crippen LogP contribution in [-0.4, -0.2) is 34.9 Å². The Bertz CT molecular complexity index is 417. The van der Waals surface area contributed by atoms with E-state index in [-0.39, 0.29) is 18.3 Å². The number of amides is 1. The summed E-state index contributed by atoms with van der Waals surface area (Å²) in [5, 5.41) is 11.9. The maximum Gasteiger partial charge on any atom is 0.254 e. The summed E-state index contributed by atoms with van der Waals surface area (Å²) in [5.41, 5.74) is 5.89. The lowest BCUT2D eigenvalue weighted by Crippen LogP contribution is -2.38. The zero-order chi connectivity index (χ0) is 12.8. The fraction of sp³-hybridized carbons (Fsp3) is 0.273. The smallest absolute Gasteiger partial charge is 0.254 e. The van der Waals surface area contributed by atoms with E-state index in [0.29, 0.717) is 17.1 Å². The van der Waals surface area contributed by atoms with Gasteiger partial charge in [0.25, 0.3) is 5.91 Å². The van der Waals surface area contributed by atoms with Crippen molar-refractivity contribution in [3.63, 3.8) is 0 Å². The van der Waals surface area contributed by atoms with E-state index in [1.54, 1.807) is 24.3 Å². The van der Waals surface area contributed by atoms with Gasteiger partial charge < -0.3 is 15.8 Å². The predicted molar refractivity (Wildman–Crippen MR) is 66.4 cm³/mol. The van der Waals surface area contributed by atoms with Crippen molar-refractivity contribution in [3.05, 3.63) is 34.9 Å². The summed E-state index contributed by atoms with van der Waals surface area (Å²) in [6, 6.07) is 6.57. The van der Waals surface area contributed by atoms with Crippen LogP contribution in [-0.2, 0) is 0 Å². The molecule has 0 heterocycles. The molecule has 1 amide bonds. The molecule has 0 aliphatic carbocycles. The van der Waals surface area contributed by atoms with Crippen molar-refractivity contribution in [2.24, 2.45) is 10.9 Å². The SMILES string of the molecule is CCN(CC(N)=NO)C(=O)c1ccc(Cl)cc1. The summed E-state index contributed by atoms with van der Waals surface area (Å²) in [6.07, 6.45) is 0. The molecule has 0 aliphatic heterocycles. The van der Waals surface area contributed by atoms with E-state index in [2.05, 4.69) is 5.16 Å². The van der Waals surface area contributed by atoms with Crippen molar-refractivity contribution >= 4 is 23.3 Å². The molecule has 0 aliphatic rings. The molecule has 1 aromatic carbocycles. The third kappa shape index (κ3) is 3.64. The van der Waals surface area contributed by atoms with Crippen LogP contribution in [0.5, 0.6) is 0 Å². The van der Waals surface area contributed by atoms with Crippen LogP contribution in [0.1, 0.15) is 17.3 Å². The number of nitrogens with zero attached hydrogens (tertiary/aromatic N) is 2. The van der Waals surface area contributed by atoms with Gasteiger partial charge in [0.1, 0.15) is 0 Å². The number of oxime groups is 1. The summed E-state index contributed by atoms with van der Waals surface area (Å²) < 4.78 is 0. The highest BCUT2D eigenvalue weighted by atomic mass is 35.5. The lowest BCUT2D eigenvalue weighted by Gasteiger charge is -2.19. The highest BCUT2D eigenvalue weighted by Gasteiger charge is 2.15. The van der Waals surface area contributed by atoms with Gasteiger partial charge >= 0.3 is 0 Å². The molecule has 5 nitrogen and oxygen atoms in total. The molecule has 0 saturated carbocycles. The maximum absolute atomic E-state index is 12.0. The molecule has 0 radical (unpaired) electrons. The second-order valence-corrected chi connectivity index (χ2v) is 3.85. The van der Waals surface area contributed by atoms with Crippen molar-refractivity contribution in [1.29, 1.82) is 0 Å². The van der Waals surface area contributed by atoms with E-state index in [9.17, 15) is 4.79 Å². The fourth-order valence-electron chi connectivity index (χ4n) is 1.33. The van der Waals surface area contributed by atoms with Crippen LogP contribution in [0.2, 0.25) is 5.02 Å². The average molecular weight is 256 g/mol. The van der Waals surface area contributed by atoms with Gasteiger partial charge in [-0.1, -0.05) is 16.8 Å². The molecule has 17 heavy (non-hydrogen) atoms. The van der Waals surface area contributed by atoms with E-state index in [1.807, 2.05) is 6.92 Å². The van der Waals surface area contributed by atoms with Crippen molar-refractivity contribution < 1.29 is 10.0 Å². The van der Waals surface area contributed by atoms with Crippen LogP contribution in [0.4, 0.5) is 0 Å². The van der Waals surface area contributed by atoms with Crippen molar-refractivity contribution in [2.45, 2.75) is 6.92 Å². The van der Waals surface area contributed by atoms with Gasteiger partial charge in [-0.2, -0.15) is 0 Å². The first-order valence-corrected chi connectivity index (χ1v) is 5.47. The Morgan fingerprint density at radius 2 is 2.06 bits per heavy atom. The van der Waals surface area contributed by atoms with E-state index in [0.717, 1.165) is 0 Å². The quantitative estimate of drug-likeness (QED) is 0.371. The molecule has 0 spiro atoms. The van der Waals surface area contributed by atoms with Crippen molar-refractivity contribution in [3.8, 4) is 0 Å². The average Bonchev–Trinajstić information content (AvgIpc) is 2.35. The minimum Gasteiger partial charge on any atom is -0.409 e. The first-order valence-electron chi connectivity index (χ1n) is 5.09. The van der Waals surface area contributed by atoms with Crippen molar-refractivity contribution in [1.82, 2.24) is 4.90 Å². The van der Waals surface area contributed by atoms with E-state index < -0.39 is 0 Å². The molecule has 6 heteroatoms. The highest BCUT2D eigenvalue weighted by Crippen LogP contribution is 2.11. The Morgan fingerprint density at radius 1 is 1.47 bits per heavy atom. The number of benzene rings is 1. The summed E-state index contributed by atoms with van der Waals surface area (Å²) in [5.74, 6) is -0.190. The van der Waals surface area contributed by atoms with E-state index >= 15 is 0 Å². The minimum absolute atomic E-state index is 0.00540. The number of nitrogens with two attached hydrogens (primary N) is 1. The van der Waals surface area contributed by atoms with Gasteiger partial charge in [0, 0.05) is 17.1 Å². The zero-order valence-corrected chi connectivity index (χ0v) is 10.2. The fourth-order valence-corrected chi connectivity index (χ4v) is 1.46. The van der Waals surface area contributed by atoms with Gasteiger partial charge in [0.2, 0.25) is 0 Å². The standard InChI is InChI=1S/C11H14ClN3O2/c1-2-15(7-10(13)14-17)11(16)8-3-5-9(12)6-4-8/h3-6,17H,2,7H2,1H3,(H2,13,14). The molecule has 1 aromatic rings. The number of amidine groups is 1. The molecule has 92 valence electrons. The van der Waals surface area contributed by atoms with Crippen LogP contribution in [0.3, 0.4) is 0 Å². The van der Waals surface area contributed by atoms with Crippen LogP contribution >= 0.6 is 11.6 Å². The Labute approximate surface area is 104 Å². The monoisotopic (exact) mass is 255 g/mol. The third-order valence-electron chi connectivity index (χ3n) is 2.24. The lowest BCUT2D eigenvalue weighted by atomic mass is 10.2. The molecular weight excluding hydrogens is 242 g/mol. The number of hydrogen-bond donors (Lipinski definition) is 2. The van der Waals surface area contributed by atoms with Gasteiger partial charge in [0.05, 0.1) is 6.54 Å². The molecule has 0 atom stereocenters. The topological polar surface area (TPSA) is 78.9 Å². The molecule has 0 bridgehead atoms. The molecule has 1 rings (SSSR count). The third-order valence-corrected chi connectivity index (χ3v) is 2.49. The van der Waals surface area contributed by atoms with Crippen molar-refractivity contribution in [2.75, 3.05) is 13.1 Å². The zero-order valence-electron chi connectivity index (χ0n) is 9.43. The molecule has 0 aromatic heterocycles. The minimum atomic E-state index is -0.184. The summed E-state index contributed by atoms with van der Waals surface area (Å²) in [7, 11) is 0. The van der Waals surface area contributed by atoms with E-state index in [4.69, 9.17) is 22.5 Å². The van der Waals surface area contributed by atoms with Gasteiger partial charge in [-0.3, -0.25) is 4.79 Å². The molecule has 0 saturated heterocycles. The van der Waals surface area contributed by atoms with Crippen LogP contribution in [0, 0.1) is 0 Å². The number of halogens is 1. The molecule has 0 fully saturated rings. The number of hydrogen-bond acceptors (Lipinski definition) is 3. The highest BCUT2D eigenvalue weighted by molar-refractivity contribution is 6.30. The number of carbonyl (C=O) groups excluding carboxylic acids is 1. The second kappa shape index (κ2) is 6.10. The Kier molecular flexibility index (Phi) is 4.78. The molecule has 3 N–H and O–H groups in total. The Morgan fingerprint density at radius 3 is 2.53 bits per heavy atom. The normalized spacial score (nSPS) is 11.3. The summed E-state index contributed by atoms with van der Waals surface area (Å²) >= 11 is 5.74. The molecular formula is C11H14ClN3O2. The summed E-state index contributed by atoms with van der Waals surface area (Å²) in [6.45, 7) is 2.38. The van der Waals surface area contributed by atoms with Crippen LogP contribution in [0.25, 0.3) is 0 Å². The van der Waals surface area contributed by atoms with Gasteiger partial charge in [-0.25, -0.2) is 0 Å². The Balaban J connectivity index is 2.82. The first kappa shape index (κ1) is 13.3. The maximum atomic E-state index is 12.0. The predicted octanol–water partition coefficient (Wildman–Crippen LogP) is 1.55. The van der Waals surface area contributed by atoms with Gasteiger partial charge in [-0.05, 0) is 31.2 Å². The number of rotatable bonds is 4. The molecule has 0 unspecified atom stereocenters. The summed E-state index contributed by atoms with van der Waals surface area (Å²) in [4.78, 5) is 13.5. The van der Waals surface area contributed by atoms with Gasteiger partial charge in [-0.15, -0.1) is 0 Å². The van der Waals surface area contributed by atoms with Gasteiger partial charge in [0.15, 0.2) is 5.84 Å². The van der Waals surface area contributed by atoms with Crippen LogP contribution < -0.4 is 5.73 Å². The number of carbonyl (C=O) groups is 1. The Hall–Kier alpha value is -1.75. The second-order valence-electron chi connectivity index (χ2n) is 3.42. The van der Waals surface area contributed by atoms with E-state index in [1.165, 1.54) is 4.90 Å². The largest absolute Gasteiger partial charge is 0.409 e. The van der Waals surface area contributed by atoms with Crippen LogP contribution in [0.15, 0.2) is 29.4 Å². The lowest BCUT2D eigenvalue weighted by molar-refractivity contribution is 0.0786. The number of likely N-dealkylation sites (N-methyl/N-ethyl adjacent to an activating group) is 1. The first-order chi connectivity index (χ1) is 8.08.